The lowest BCUT2D eigenvalue weighted by atomic mass is 10.0. The standard InChI is InChI=1S/C15H30O7S2/c1-4-7-22-15(5-2,12-17)14(24(3,19)20)21-8-6-9-23-11-13(18)10-16/h4,13-14,16-18H,1,5-12H2,2-3H3. The Bertz CT molecular complexity index is 435. The first-order chi connectivity index (χ1) is 11.3. The van der Waals surface area contributed by atoms with Gasteiger partial charge in [0.15, 0.2) is 15.3 Å². The molecule has 3 N–H and O–H groups in total. The topological polar surface area (TPSA) is 113 Å². The summed E-state index contributed by atoms with van der Waals surface area (Å²) in [5.41, 5.74) is -2.60. The molecule has 9 heteroatoms. The molecule has 0 aliphatic rings. The zero-order chi connectivity index (χ0) is 18.6. The Morgan fingerprint density at radius 1 is 1.38 bits per heavy atom. The monoisotopic (exact) mass is 386 g/mol. The third kappa shape index (κ3) is 8.28. The summed E-state index contributed by atoms with van der Waals surface area (Å²) >= 11 is 1.44. The molecule has 0 rings (SSSR count). The molecule has 0 aliphatic carbocycles. The van der Waals surface area contributed by atoms with Crippen molar-refractivity contribution in [2.45, 2.75) is 36.9 Å². The number of aliphatic hydroxyl groups is 3. The first-order valence-corrected chi connectivity index (χ1v) is 10.9. The van der Waals surface area contributed by atoms with Crippen LogP contribution in [-0.4, -0.2) is 85.1 Å². The largest absolute Gasteiger partial charge is 0.394 e. The van der Waals surface area contributed by atoms with Gasteiger partial charge in [0.2, 0.25) is 0 Å². The predicted octanol–water partition coefficient (Wildman–Crippen LogP) is 0.194. The predicted molar refractivity (Wildman–Crippen MR) is 95.9 cm³/mol. The molecule has 144 valence electrons. The Morgan fingerprint density at radius 2 is 2.04 bits per heavy atom. The van der Waals surface area contributed by atoms with Crippen molar-refractivity contribution in [2.75, 3.05) is 44.2 Å². The van der Waals surface area contributed by atoms with Crippen LogP contribution in [0.5, 0.6) is 0 Å². The highest BCUT2D eigenvalue weighted by atomic mass is 32.2. The van der Waals surface area contributed by atoms with Gasteiger partial charge in [-0.15, -0.1) is 6.58 Å². The number of hydrogen-bond donors (Lipinski definition) is 3. The maximum absolute atomic E-state index is 12.1. The minimum Gasteiger partial charge on any atom is -0.394 e. The van der Waals surface area contributed by atoms with Crippen LogP contribution in [0, 0.1) is 0 Å². The average molecular weight is 387 g/mol. The van der Waals surface area contributed by atoms with E-state index in [0.717, 1.165) is 6.26 Å². The molecule has 0 heterocycles. The molecule has 0 aromatic rings. The van der Waals surface area contributed by atoms with Crippen LogP contribution in [0.1, 0.15) is 19.8 Å². The number of hydrogen-bond acceptors (Lipinski definition) is 8. The Balaban J connectivity index is 4.69. The third-order valence-corrected chi connectivity index (χ3v) is 5.94. The smallest absolute Gasteiger partial charge is 0.189 e. The molecular weight excluding hydrogens is 356 g/mol. The van der Waals surface area contributed by atoms with Crippen LogP contribution in [0.15, 0.2) is 12.7 Å². The van der Waals surface area contributed by atoms with Crippen molar-refractivity contribution in [1.29, 1.82) is 0 Å². The molecule has 0 aliphatic heterocycles. The molecule has 0 amide bonds. The van der Waals surface area contributed by atoms with Crippen molar-refractivity contribution in [1.82, 2.24) is 0 Å². The lowest BCUT2D eigenvalue weighted by Gasteiger charge is -2.36. The van der Waals surface area contributed by atoms with Gasteiger partial charge in [-0.2, -0.15) is 11.8 Å². The van der Waals surface area contributed by atoms with E-state index < -0.39 is 33.6 Å². The quantitative estimate of drug-likeness (QED) is 0.270. The molecule has 0 fully saturated rings. The van der Waals surface area contributed by atoms with Gasteiger partial charge in [0.1, 0.15) is 5.60 Å². The van der Waals surface area contributed by atoms with E-state index in [9.17, 15) is 18.6 Å². The molecule has 0 saturated carbocycles. The molecule has 0 radical (unpaired) electrons. The van der Waals surface area contributed by atoms with Crippen LogP contribution in [0.25, 0.3) is 0 Å². The summed E-state index contributed by atoms with van der Waals surface area (Å²) in [6.45, 7) is 4.79. The molecule has 0 bridgehead atoms. The van der Waals surface area contributed by atoms with Gasteiger partial charge in [-0.25, -0.2) is 8.42 Å². The fourth-order valence-corrected chi connectivity index (χ4v) is 4.38. The minimum absolute atomic E-state index is 0.110. The van der Waals surface area contributed by atoms with Gasteiger partial charge < -0.3 is 24.8 Å². The van der Waals surface area contributed by atoms with E-state index in [1.54, 1.807) is 6.92 Å². The fraction of sp³-hybridized carbons (Fsp3) is 0.867. The molecule has 7 nitrogen and oxygen atoms in total. The zero-order valence-corrected chi connectivity index (χ0v) is 16.0. The van der Waals surface area contributed by atoms with E-state index in [4.69, 9.17) is 14.6 Å². The van der Waals surface area contributed by atoms with Crippen LogP contribution >= 0.6 is 11.8 Å². The highest BCUT2D eigenvalue weighted by Crippen LogP contribution is 2.27. The number of ether oxygens (including phenoxy) is 2. The van der Waals surface area contributed by atoms with E-state index in [1.165, 1.54) is 17.8 Å². The van der Waals surface area contributed by atoms with E-state index in [2.05, 4.69) is 6.58 Å². The highest BCUT2D eigenvalue weighted by molar-refractivity contribution is 7.99. The fourth-order valence-electron chi connectivity index (χ4n) is 2.08. The highest BCUT2D eigenvalue weighted by Gasteiger charge is 2.45. The molecule has 3 unspecified atom stereocenters. The molecule has 0 spiro atoms. The first-order valence-electron chi connectivity index (χ1n) is 7.80. The average Bonchev–Trinajstić information content (AvgIpc) is 2.55. The van der Waals surface area contributed by atoms with Crippen LogP contribution < -0.4 is 0 Å². The normalized spacial score (nSPS) is 17.2. The first kappa shape index (κ1) is 23.8. The molecule has 0 saturated heterocycles. The van der Waals surface area contributed by atoms with E-state index in [1.807, 2.05) is 0 Å². The van der Waals surface area contributed by atoms with Crippen LogP contribution in [0.4, 0.5) is 0 Å². The second kappa shape index (κ2) is 12.2. The summed E-state index contributed by atoms with van der Waals surface area (Å²) in [6, 6.07) is 0. The number of thioether (sulfide) groups is 1. The van der Waals surface area contributed by atoms with Gasteiger partial charge in [-0.3, -0.25) is 0 Å². The number of sulfone groups is 1. The maximum Gasteiger partial charge on any atom is 0.189 e. The summed E-state index contributed by atoms with van der Waals surface area (Å²) in [7, 11) is -3.61. The Morgan fingerprint density at radius 3 is 2.50 bits per heavy atom. The van der Waals surface area contributed by atoms with Crippen molar-refractivity contribution in [3.63, 3.8) is 0 Å². The second-order valence-corrected chi connectivity index (χ2v) is 8.71. The second-order valence-electron chi connectivity index (χ2n) is 5.47. The SMILES string of the molecule is C=CCOC(CC)(CO)C(OCCCSCC(O)CO)S(C)(=O)=O. The summed E-state index contributed by atoms with van der Waals surface area (Å²) in [5.74, 6) is 1.06. The maximum atomic E-state index is 12.1. The third-order valence-electron chi connectivity index (χ3n) is 3.40. The molecule has 0 aromatic carbocycles. The van der Waals surface area contributed by atoms with Crippen molar-refractivity contribution < 1.29 is 33.2 Å². The van der Waals surface area contributed by atoms with Gasteiger partial charge >= 0.3 is 0 Å². The summed E-state index contributed by atoms with van der Waals surface area (Å²) < 4.78 is 35.3. The lowest BCUT2D eigenvalue weighted by molar-refractivity contribution is -0.133. The van der Waals surface area contributed by atoms with Crippen LogP contribution in [0.3, 0.4) is 0 Å². The van der Waals surface area contributed by atoms with Crippen molar-refractivity contribution in [3.8, 4) is 0 Å². The molecule has 3 atom stereocenters. The minimum atomic E-state index is -3.61. The van der Waals surface area contributed by atoms with Gasteiger partial charge in [-0.1, -0.05) is 13.0 Å². The Hall–Kier alpha value is -0.160. The van der Waals surface area contributed by atoms with Crippen molar-refractivity contribution >= 4 is 21.6 Å². The summed E-state index contributed by atoms with van der Waals surface area (Å²) in [6.07, 6.45) is 2.63. The van der Waals surface area contributed by atoms with E-state index >= 15 is 0 Å². The Kier molecular flexibility index (Phi) is 12.2. The number of rotatable bonds is 15. The Labute approximate surface area is 149 Å². The zero-order valence-electron chi connectivity index (χ0n) is 14.4. The van der Waals surface area contributed by atoms with E-state index in [0.29, 0.717) is 17.9 Å². The van der Waals surface area contributed by atoms with Gasteiger partial charge in [0, 0.05) is 18.6 Å². The lowest BCUT2D eigenvalue weighted by Crippen LogP contribution is -2.53. The molecule has 24 heavy (non-hydrogen) atoms. The number of aliphatic hydroxyl groups excluding tert-OH is 3. The van der Waals surface area contributed by atoms with Crippen LogP contribution in [-0.2, 0) is 19.3 Å². The van der Waals surface area contributed by atoms with Gasteiger partial charge in [0.25, 0.3) is 0 Å². The van der Waals surface area contributed by atoms with Crippen molar-refractivity contribution in [2.24, 2.45) is 0 Å². The summed E-state index contributed by atoms with van der Waals surface area (Å²) in [5, 5.41) is 27.7. The van der Waals surface area contributed by atoms with E-state index in [-0.39, 0.29) is 26.2 Å². The molecule has 0 aromatic heterocycles. The van der Waals surface area contributed by atoms with Gasteiger partial charge in [-0.05, 0) is 18.6 Å². The molecular formula is C15H30O7S2. The van der Waals surface area contributed by atoms with Crippen molar-refractivity contribution in [3.05, 3.63) is 12.7 Å². The van der Waals surface area contributed by atoms with Gasteiger partial charge in [0.05, 0.1) is 25.9 Å². The summed E-state index contributed by atoms with van der Waals surface area (Å²) in [4.78, 5) is 0. The van der Waals surface area contributed by atoms with Crippen LogP contribution in [0.2, 0.25) is 0 Å².